The SMILES string of the molecule is CCCCCCCCCCCCCCC[C@@H](O)C(COC)NC(C)C. The Kier molecular flexibility index (Phi) is 18.6. The summed E-state index contributed by atoms with van der Waals surface area (Å²) in [6, 6.07) is 0.434. The van der Waals surface area contributed by atoms with Gasteiger partial charge in [-0.1, -0.05) is 104 Å². The first-order valence-electron chi connectivity index (χ1n) is 11.0. The molecule has 0 aliphatic rings. The lowest BCUT2D eigenvalue weighted by Gasteiger charge is -2.25. The zero-order chi connectivity index (χ0) is 18.8. The number of hydrogen-bond donors (Lipinski definition) is 2. The Labute approximate surface area is 158 Å². The highest BCUT2D eigenvalue weighted by molar-refractivity contribution is 4.77. The fourth-order valence-corrected chi connectivity index (χ4v) is 3.45. The molecule has 0 amide bonds. The van der Waals surface area contributed by atoms with Crippen LogP contribution in [0.25, 0.3) is 0 Å². The molecule has 1 unspecified atom stereocenters. The van der Waals surface area contributed by atoms with Crippen LogP contribution in [0.1, 0.15) is 111 Å². The van der Waals surface area contributed by atoms with Crippen LogP contribution in [-0.4, -0.2) is 37.0 Å². The summed E-state index contributed by atoms with van der Waals surface area (Å²) in [6.07, 6.45) is 18.3. The van der Waals surface area contributed by atoms with E-state index in [0.717, 1.165) is 12.8 Å². The Morgan fingerprint density at radius 2 is 1.20 bits per heavy atom. The average Bonchev–Trinajstić information content (AvgIpc) is 2.58. The quantitative estimate of drug-likeness (QED) is 0.285. The van der Waals surface area contributed by atoms with Crippen LogP contribution in [0.2, 0.25) is 0 Å². The third kappa shape index (κ3) is 17.1. The second kappa shape index (κ2) is 18.7. The molecule has 3 heteroatoms. The second-order valence-corrected chi connectivity index (χ2v) is 7.98. The zero-order valence-electron chi connectivity index (χ0n) is 17.7. The molecule has 2 N–H and O–H groups in total. The molecule has 3 nitrogen and oxygen atoms in total. The van der Waals surface area contributed by atoms with Gasteiger partial charge in [-0.2, -0.15) is 0 Å². The number of hydrogen-bond acceptors (Lipinski definition) is 3. The normalized spacial score (nSPS) is 14.2. The first kappa shape index (κ1) is 24.9. The Morgan fingerprint density at radius 3 is 1.60 bits per heavy atom. The number of aliphatic hydroxyl groups is 1. The van der Waals surface area contributed by atoms with Crippen LogP contribution in [0.15, 0.2) is 0 Å². The number of nitrogens with one attached hydrogen (secondary N) is 1. The molecule has 0 saturated carbocycles. The third-order valence-corrected chi connectivity index (χ3v) is 4.96. The van der Waals surface area contributed by atoms with Gasteiger partial charge in [-0.3, -0.25) is 0 Å². The molecule has 0 bridgehead atoms. The van der Waals surface area contributed by atoms with Crippen molar-refractivity contribution in [1.82, 2.24) is 5.32 Å². The molecule has 0 aliphatic carbocycles. The molecule has 0 saturated heterocycles. The van der Waals surface area contributed by atoms with Gasteiger partial charge >= 0.3 is 0 Å². The van der Waals surface area contributed by atoms with Crippen molar-refractivity contribution in [2.45, 2.75) is 129 Å². The molecule has 0 spiro atoms. The van der Waals surface area contributed by atoms with E-state index < -0.39 is 0 Å². The van der Waals surface area contributed by atoms with Crippen molar-refractivity contribution >= 4 is 0 Å². The van der Waals surface area contributed by atoms with Gasteiger partial charge in [0.05, 0.1) is 18.8 Å². The molecule has 0 aromatic rings. The largest absolute Gasteiger partial charge is 0.391 e. The van der Waals surface area contributed by atoms with E-state index in [-0.39, 0.29) is 12.1 Å². The Balaban J connectivity index is 3.41. The lowest BCUT2D eigenvalue weighted by molar-refractivity contribution is 0.0595. The molecular formula is C22H47NO2. The summed E-state index contributed by atoms with van der Waals surface area (Å²) in [6.45, 7) is 7.08. The third-order valence-electron chi connectivity index (χ3n) is 4.96. The van der Waals surface area contributed by atoms with E-state index in [4.69, 9.17) is 4.74 Å². The van der Waals surface area contributed by atoms with Crippen molar-refractivity contribution in [3.8, 4) is 0 Å². The molecule has 25 heavy (non-hydrogen) atoms. The molecule has 0 heterocycles. The summed E-state index contributed by atoms with van der Waals surface area (Å²) in [4.78, 5) is 0. The van der Waals surface area contributed by atoms with Gasteiger partial charge in [0.2, 0.25) is 0 Å². The first-order valence-corrected chi connectivity index (χ1v) is 11.0. The van der Waals surface area contributed by atoms with Gasteiger partial charge in [-0.05, 0) is 6.42 Å². The van der Waals surface area contributed by atoms with Crippen LogP contribution in [0.4, 0.5) is 0 Å². The lowest BCUT2D eigenvalue weighted by atomic mass is 10.0. The standard InChI is InChI=1S/C22H47NO2/c1-5-6-7-8-9-10-11-12-13-14-15-16-17-18-22(24)21(19-25-4)23-20(2)3/h20-24H,5-19H2,1-4H3/t21?,22-/m1/s1. The molecule has 0 aliphatic heterocycles. The van der Waals surface area contributed by atoms with E-state index in [1.165, 1.54) is 77.0 Å². The van der Waals surface area contributed by atoms with Gasteiger partial charge in [0, 0.05) is 13.2 Å². The summed E-state index contributed by atoms with van der Waals surface area (Å²) < 4.78 is 5.22. The predicted molar refractivity (Wildman–Crippen MR) is 110 cm³/mol. The summed E-state index contributed by atoms with van der Waals surface area (Å²) >= 11 is 0. The monoisotopic (exact) mass is 357 g/mol. The average molecular weight is 358 g/mol. The molecule has 0 aromatic carbocycles. The van der Waals surface area contributed by atoms with E-state index in [2.05, 4.69) is 26.1 Å². The van der Waals surface area contributed by atoms with E-state index in [1.807, 2.05) is 0 Å². The van der Waals surface area contributed by atoms with E-state index in [9.17, 15) is 5.11 Å². The lowest BCUT2D eigenvalue weighted by Crippen LogP contribution is -2.46. The summed E-state index contributed by atoms with van der Waals surface area (Å²) in [5.74, 6) is 0. The fourth-order valence-electron chi connectivity index (χ4n) is 3.45. The van der Waals surface area contributed by atoms with Crippen molar-refractivity contribution in [2.75, 3.05) is 13.7 Å². The van der Waals surface area contributed by atoms with Gasteiger partial charge in [0.15, 0.2) is 0 Å². The Morgan fingerprint density at radius 1 is 0.760 bits per heavy atom. The Hall–Kier alpha value is -0.120. The van der Waals surface area contributed by atoms with E-state index in [0.29, 0.717) is 12.6 Å². The van der Waals surface area contributed by atoms with Crippen molar-refractivity contribution in [3.63, 3.8) is 0 Å². The predicted octanol–water partition coefficient (Wildman–Crippen LogP) is 5.84. The van der Waals surface area contributed by atoms with Crippen LogP contribution in [0, 0.1) is 0 Å². The number of aliphatic hydroxyl groups excluding tert-OH is 1. The van der Waals surface area contributed by atoms with Gasteiger partial charge in [-0.15, -0.1) is 0 Å². The van der Waals surface area contributed by atoms with Crippen LogP contribution >= 0.6 is 0 Å². The molecular weight excluding hydrogens is 310 g/mol. The van der Waals surface area contributed by atoms with Crippen molar-refractivity contribution < 1.29 is 9.84 Å². The number of methoxy groups -OCH3 is 1. The molecule has 0 fully saturated rings. The molecule has 2 atom stereocenters. The maximum absolute atomic E-state index is 10.3. The molecule has 0 aromatic heterocycles. The van der Waals surface area contributed by atoms with Crippen LogP contribution < -0.4 is 5.32 Å². The van der Waals surface area contributed by atoms with E-state index >= 15 is 0 Å². The number of ether oxygens (including phenoxy) is 1. The molecule has 0 rings (SSSR count). The highest BCUT2D eigenvalue weighted by Crippen LogP contribution is 2.14. The first-order chi connectivity index (χ1) is 12.1. The maximum Gasteiger partial charge on any atom is 0.0715 e. The highest BCUT2D eigenvalue weighted by Gasteiger charge is 2.19. The molecule has 152 valence electrons. The van der Waals surface area contributed by atoms with Crippen molar-refractivity contribution in [2.24, 2.45) is 0 Å². The Bertz CT molecular complexity index is 258. The van der Waals surface area contributed by atoms with E-state index in [1.54, 1.807) is 7.11 Å². The van der Waals surface area contributed by atoms with Crippen LogP contribution in [0.3, 0.4) is 0 Å². The summed E-state index contributed by atoms with van der Waals surface area (Å²) in [5.41, 5.74) is 0. The van der Waals surface area contributed by atoms with Gasteiger partial charge in [0.25, 0.3) is 0 Å². The maximum atomic E-state index is 10.3. The topological polar surface area (TPSA) is 41.5 Å². The molecule has 0 radical (unpaired) electrons. The van der Waals surface area contributed by atoms with Crippen molar-refractivity contribution in [3.05, 3.63) is 0 Å². The summed E-state index contributed by atoms with van der Waals surface area (Å²) in [7, 11) is 1.70. The van der Waals surface area contributed by atoms with Gasteiger partial charge in [-0.25, -0.2) is 0 Å². The fraction of sp³-hybridized carbons (Fsp3) is 1.00. The second-order valence-electron chi connectivity index (χ2n) is 7.98. The van der Waals surface area contributed by atoms with Crippen LogP contribution in [-0.2, 0) is 4.74 Å². The summed E-state index contributed by atoms with van der Waals surface area (Å²) in [5, 5.41) is 13.7. The number of unbranched alkanes of at least 4 members (excludes halogenated alkanes) is 12. The minimum absolute atomic E-state index is 0.0577. The number of rotatable bonds is 19. The highest BCUT2D eigenvalue weighted by atomic mass is 16.5. The van der Waals surface area contributed by atoms with Crippen LogP contribution in [0.5, 0.6) is 0 Å². The van der Waals surface area contributed by atoms with Gasteiger partial charge < -0.3 is 15.2 Å². The minimum Gasteiger partial charge on any atom is -0.391 e. The minimum atomic E-state index is -0.296. The van der Waals surface area contributed by atoms with Gasteiger partial charge in [0.1, 0.15) is 0 Å². The zero-order valence-corrected chi connectivity index (χ0v) is 17.7. The smallest absolute Gasteiger partial charge is 0.0715 e. The van der Waals surface area contributed by atoms with Crippen molar-refractivity contribution in [1.29, 1.82) is 0 Å².